The molecule has 9 heteroatoms. The molecule has 2 aromatic rings. The van der Waals surface area contributed by atoms with Gasteiger partial charge in [-0.1, -0.05) is 62.6 Å². The highest BCUT2D eigenvalue weighted by molar-refractivity contribution is 7.92. The number of carbonyl (C=O) groups is 3. The molecule has 206 valence electrons. The molecule has 2 aromatic carbocycles. The van der Waals surface area contributed by atoms with Crippen LogP contribution >= 0.6 is 0 Å². The van der Waals surface area contributed by atoms with E-state index >= 15 is 0 Å². The molecule has 0 heterocycles. The molecule has 1 aliphatic rings. The zero-order valence-corrected chi connectivity index (χ0v) is 23.6. The summed E-state index contributed by atoms with van der Waals surface area (Å²) < 4.78 is 26.6. The molecule has 2 amide bonds. The maximum Gasteiger partial charge on any atom is 0.244 e. The number of aryl methyl sites for hydroxylation is 1. The van der Waals surface area contributed by atoms with Crippen molar-refractivity contribution in [3.05, 3.63) is 65.2 Å². The summed E-state index contributed by atoms with van der Waals surface area (Å²) in [6, 6.07) is 13.2. The Hall–Kier alpha value is -3.20. The zero-order valence-electron chi connectivity index (χ0n) is 22.8. The molecule has 0 unspecified atom stereocenters. The van der Waals surface area contributed by atoms with Gasteiger partial charge in [-0.05, 0) is 56.4 Å². The van der Waals surface area contributed by atoms with E-state index in [1.54, 1.807) is 18.2 Å². The predicted molar refractivity (Wildman–Crippen MR) is 149 cm³/mol. The quantitative estimate of drug-likeness (QED) is 0.429. The van der Waals surface area contributed by atoms with E-state index in [0.717, 1.165) is 53.8 Å². The first kappa shape index (κ1) is 29.4. The molecule has 0 spiro atoms. The fourth-order valence-electron chi connectivity index (χ4n) is 4.93. The lowest BCUT2D eigenvalue weighted by molar-refractivity contribution is -0.140. The topological polar surface area (TPSA) is 104 Å². The van der Waals surface area contributed by atoms with Crippen LogP contribution in [0.1, 0.15) is 73.9 Å². The van der Waals surface area contributed by atoms with E-state index in [-0.39, 0.29) is 30.0 Å². The predicted octanol–water partition coefficient (Wildman–Crippen LogP) is 4.22. The van der Waals surface area contributed by atoms with Crippen LogP contribution in [0.5, 0.6) is 0 Å². The minimum absolute atomic E-state index is 0.0857. The normalized spacial score (nSPS) is 14.9. The summed E-state index contributed by atoms with van der Waals surface area (Å²) in [7, 11) is -3.87. The van der Waals surface area contributed by atoms with E-state index in [1.165, 1.54) is 17.9 Å². The SMILES string of the molecule is CC[C@@H](C(=O)NC1CCCCC1)N(Cc1ccccc1C)C(=O)CN(c1cccc(C(C)=O)c1)S(C)(=O)=O. The molecule has 0 bridgehead atoms. The van der Waals surface area contributed by atoms with Crippen LogP contribution in [0.15, 0.2) is 48.5 Å². The van der Waals surface area contributed by atoms with Gasteiger partial charge >= 0.3 is 0 Å². The van der Waals surface area contributed by atoms with Gasteiger partial charge in [0.15, 0.2) is 5.78 Å². The minimum atomic E-state index is -3.87. The van der Waals surface area contributed by atoms with Crippen molar-refractivity contribution in [1.29, 1.82) is 0 Å². The summed E-state index contributed by atoms with van der Waals surface area (Å²) in [5.41, 5.74) is 2.43. The largest absolute Gasteiger partial charge is 0.352 e. The molecule has 0 radical (unpaired) electrons. The number of rotatable bonds is 11. The molecule has 1 saturated carbocycles. The lowest BCUT2D eigenvalue weighted by Crippen LogP contribution is -2.54. The van der Waals surface area contributed by atoms with E-state index in [9.17, 15) is 22.8 Å². The number of carbonyl (C=O) groups excluding carboxylic acids is 3. The number of benzene rings is 2. The number of hydrogen-bond acceptors (Lipinski definition) is 5. The van der Waals surface area contributed by atoms with Gasteiger partial charge in [-0.25, -0.2) is 8.42 Å². The summed E-state index contributed by atoms with van der Waals surface area (Å²) in [6.07, 6.45) is 6.54. The van der Waals surface area contributed by atoms with Gasteiger partial charge in [0.1, 0.15) is 12.6 Å². The Morgan fingerprint density at radius 1 is 1.03 bits per heavy atom. The average Bonchev–Trinajstić information content (AvgIpc) is 2.88. The molecule has 1 N–H and O–H groups in total. The first-order valence-electron chi connectivity index (χ1n) is 13.2. The van der Waals surface area contributed by atoms with Gasteiger partial charge < -0.3 is 10.2 Å². The maximum atomic E-state index is 13.9. The van der Waals surface area contributed by atoms with Gasteiger partial charge in [0, 0.05) is 18.2 Å². The lowest BCUT2D eigenvalue weighted by atomic mass is 9.95. The lowest BCUT2D eigenvalue weighted by Gasteiger charge is -2.34. The highest BCUT2D eigenvalue weighted by Crippen LogP contribution is 2.23. The number of nitrogens with one attached hydrogen (secondary N) is 1. The molecule has 1 fully saturated rings. The minimum Gasteiger partial charge on any atom is -0.352 e. The third-order valence-electron chi connectivity index (χ3n) is 7.16. The Bertz CT molecular complexity index is 1250. The smallest absolute Gasteiger partial charge is 0.244 e. The van der Waals surface area contributed by atoms with Crippen LogP contribution in [-0.4, -0.2) is 55.8 Å². The summed E-state index contributed by atoms with van der Waals surface area (Å²) >= 11 is 0. The Balaban J connectivity index is 1.95. The second-order valence-electron chi connectivity index (χ2n) is 10.1. The summed E-state index contributed by atoms with van der Waals surface area (Å²) in [5.74, 6) is -0.915. The van der Waals surface area contributed by atoms with Gasteiger partial charge in [0.05, 0.1) is 11.9 Å². The van der Waals surface area contributed by atoms with Crippen molar-refractivity contribution in [3.63, 3.8) is 0 Å². The van der Waals surface area contributed by atoms with Crippen molar-refractivity contribution in [2.24, 2.45) is 0 Å². The number of Topliss-reactive ketones (excluding diaryl/α,β-unsaturated/α-hetero) is 1. The number of sulfonamides is 1. The molecule has 38 heavy (non-hydrogen) atoms. The van der Waals surface area contributed by atoms with Crippen LogP contribution in [0.25, 0.3) is 0 Å². The maximum absolute atomic E-state index is 13.9. The van der Waals surface area contributed by atoms with Crippen molar-refractivity contribution >= 4 is 33.3 Å². The van der Waals surface area contributed by atoms with Gasteiger partial charge in [-0.15, -0.1) is 0 Å². The van der Waals surface area contributed by atoms with E-state index < -0.39 is 28.5 Å². The molecule has 8 nitrogen and oxygen atoms in total. The van der Waals surface area contributed by atoms with E-state index in [2.05, 4.69) is 5.32 Å². The van der Waals surface area contributed by atoms with Crippen molar-refractivity contribution in [3.8, 4) is 0 Å². The van der Waals surface area contributed by atoms with Crippen LogP contribution in [0.2, 0.25) is 0 Å². The molecule has 3 rings (SSSR count). The third-order valence-corrected chi connectivity index (χ3v) is 8.30. The van der Waals surface area contributed by atoms with Crippen molar-refractivity contribution in [1.82, 2.24) is 10.2 Å². The average molecular weight is 542 g/mol. The van der Waals surface area contributed by atoms with E-state index in [0.29, 0.717) is 12.0 Å². The number of anilines is 1. The highest BCUT2D eigenvalue weighted by atomic mass is 32.2. The fourth-order valence-corrected chi connectivity index (χ4v) is 5.77. The van der Waals surface area contributed by atoms with Gasteiger partial charge in [-0.2, -0.15) is 0 Å². The van der Waals surface area contributed by atoms with E-state index in [4.69, 9.17) is 0 Å². The molecule has 0 saturated heterocycles. The molecule has 0 aromatic heterocycles. The Morgan fingerprint density at radius 3 is 2.32 bits per heavy atom. The Labute approximate surface area is 226 Å². The monoisotopic (exact) mass is 541 g/mol. The summed E-state index contributed by atoms with van der Waals surface area (Å²) in [5, 5.41) is 3.14. The van der Waals surface area contributed by atoms with Crippen molar-refractivity contribution < 1.29 is 22.8 Å². The van der Waals surface area contributed by atoms with Crippen LogP contribution in [0.4, 0.5) is 5.69 Å². The van der Waals surface area contributed by atoms with Crippen LogP contribution in [-0.2, 0) is 26.2 Å². The number of hydrogen-bond donors (Lipinski definition) is 1. The Kier molecular flexibility index (Phi) is 10.1. The van der Waals surface area contributed by atoms with E-state index in [1.807, 2.05) is 38.1 Å². The van der Waals surface area contributed by atoms with Crippen LogP contribution in [0, 0.1) is 6.92 Å². The number of amides is 2. The third kappa shape index (κ3) is 7.66. The second-order valence-corrected chi connectivity index (χ2v) is 12.0. The zero-order chi connectivity index (χ0) is 27.9. The van der Waals surface area contributed by atoms with Crippen LogP contribution < -0.4 is 9.62 Å². The first-order chi connectivity index (χ1) is 18.0. The fraction of sp³-hybridized carbons (Fsp3) is 0.483. The summed E-state index contributed by atoms with van der Waals surface area (Å²) in [4.78, 5) is 40.7. The highest BCUT2D eigenvalue weighted by Gasteiger charge is 2.33. The van der Waals surface area contributed by atoms with Crippen molar-refractivity contribution in [2.75, 3.05) is 17.1 Å². The van der Waals surface area contributed by atoms with Gasteiger partial charge in [0.2, 0.25) is 21.8 Å². The second kappa shape index (κ2) is 13.0. The Morgan fingerprint density at radius 2 is 1.71 bits per heavy atom. The summed E-state index contributed by atoms with van der Waals surface area (Å²) in [6.45, 7) is 4.88. The standard InChI is InChI=1S/C29H39N3O5S/c1-5-27(29(35)30-25-15-7-6-8-16-25)31(19-24-13-10-9-12-21(24)2)28(34)20-32(38(4,36)37)26-17-11-14-23(18-26)22(3)33/h9-14,17-18,25,27H,5-8,15-16,19-20H2,1-4H3,(H,30,35)/t27-/m0/s1. The van der Waals surface area contributed by atoms with Gasteiger partial charge in [0.25, 0.3) is 0 Å². The number of nitrogens with zero attached hydrogens (tertiary/aromatic N) is 2. The van der Waals surface area contributed by atoms with Gasteiger partial charge in [-0.3, -0.25) is 18.7 Å². The number of ketones is 1. The molecular weight excluding hydrogens is 502 g/mol. The molecule has 1 aliphatic carbocycles. The molecule has 0 aliphatic heterocycles. The molecule has 1 atom stereocenters. The molecular formula is C29H39N3O5S. The van der Waals surface area contributed by atoms with Crippen LogP contribution in [0.3, 0.4) is 0 Å². The van der Waals surface area contributed by atoms with Crippen molar-refractivity contribution in [2.45, 2.75) is 77.9 Å². The first-order valence-corrected chi connectivity index (χ1v) is 15.1.